The fraction of sp³-hybridized carbons (Fsp3) is 0. The fourth-order valence-corrected chi connectivity index (χ4v) is 7.43. The summed E-state index contributed by atoms with van der Waals surface area (Å²) in [7, 11) is 0. The van der Waals surface area contributed by atoms with Crippen molar-refractivity contribution in [3.8, 4) is 79.0 Å². The quantitative estimate of drug-likeness (QED) is 0.164. The second-order valence-corrected chi connectivity index (χ2v) is 13.6. The molecule has 0 N–H and O–H groups in total. The van der Waals surface area contributed by atoms with E-state index in [0.29, 0.717) is 17.5 Å². The Balaban J connectivity index is 1.27. The van der Waals surface area contributed by atoms with E-state index in [2.05, 4.69) is 114 Å². The van der Waals surface area contributed by atoms with Gasteiger partial charge in [0.15, 0.2) is 29.0 Å². The molecule has 56 heavy (non-hydrogen) atoms. The summed E-state index contributed by atoms with van der Waals surface area (Å²) in [6.45, 7) is 0. The molecule has 0 bridgehead atoms. The van der Waals surface area contributed by atoms with Crippen LogP contribution in [0.15, 0.2) is 206 Å². The van der Waals surface area contributed by atoms with Crippen molar-refractivity contribution in [2.24, 2.45) is 0 Å². The zero-order chi connectivity index (χ0) is 37.3. The zero-order valence-electron chi connectivity index (χ0n) is 30.3. The number of benzene rings is 8. The van der Waals surface area contributed by atoms with Crippen LogP contribution in [0.25, 0.3) is 67.5 Å². The summed E-state index contributed by atoms with van der Waals surface area (Å²) in [5.74, 6) is 3.31. The first-order chi connectivity index (χ1) is 27.8. The van der Waals surface area contributed by atoms with Crippen LogP contribution in [0.3, 0.4) is 0 Å². The molecule has 1 aliphatic rings. The summed E-state index contributed by atoms with van der Waals surface area (Å²) in [6.07, 6.45) is 0. The maximum atomic E-state index is 6.46. The number of nitrogens with zero attached hydrogens (tertiary/aromatic N) is 4. The summed E-state index contributed by atoms with van der Waals surface area (Å²) in [4.78, 5) is 17.8. The molecule has 0 unspecified atom stereocenters. The third-order valence-electron chi connectivity index (χ3n) is 10.1. The Hall–Kier alpha value is -7.63. The van der Waals surface area contributed by atoms with Crippen molar-refractivity contribution in [2.75, 3.05) is 4.90 Å². The number of rotatable bonds is 7. The molecule has 5 heteroatoms. The van der Waals surface area contributed by atoms with Crippen molar-refractivity contribution in [1.82, 2.24) is 15.0 Å². The van der Waals surface area contributed by atoms with E-state index in [1.54, 1.807) is 0 Å². The first-order valence-corrected chi connectivity index (χ1v) is 18.7. The molecular weight excluding hydrogens is 685 g/mol. The molecule has 2 heterocycles. The highest BCUT2D eigenvalue weighted by molar-refractivity contribution is 5.95. The second kappa shape index (κ2) is 14.3. The molecule has 0 saturated heterocycles. The Morgan fingerprint density at radius 2 is 0.732 bits per heavy atom. The van der Waals surface area contributed by atoms with Crippen LogP contribution >= 0.6 is 0 Å². The van der Waals surface area contributed by atoms with E-state index in [0.717, 1.165) is 78.6 Å². The van der Waals surface area contributed by atoms with Gasteiger partial charge in [-0.2, -0.15) is 0 Å². The molecule has 0 saturated carbocycles. The van der Waals surface area contributed by atoms with Crippen molar-refractivity contribution in [1.29, 1.82) is 0 Å². The number of aromatic nitrogens is 3. The van der Waals surface area contributed by atoms with Gasteiger partial charge in [-0.3, -0.25) is 0 Å². The van der Waals surface area contributed by atoms with Crippen molar-refractivity contribution >= 4 is 17.1 Å². The standard InChI is InChI=1S/C51H34N4O/c1-5-17-35(18-6-1)39-29-31-41(36-19-7-2-8-20-36)42(33-39)40-30-32-44(55-45-25-13-15-27-47(45)56-48-28-16-14-26-46(48)55)43(34-40)51-53-49(37-21-9-3-10-22-37)52-50(54-51)38-23-11-4-12-24-38/h1-34H. The highest BCUT2D eigenvalue weighted by Gasteiger charge is 2.29. The monoisotopic (exact) mass is 718 g/mol. The maximum Gasteiger partial charge on any atom is 0.166 e. The van der Waals surface area contributed by atoms with Gasteiger partial charge in [0.25, 0.3) is 0 Å². The van der Waals surface area contributed by atoms with Gasteiger partial charge in [0.05, 0.1) is 17.1 Å². The number of fused-ring (bicyclic) bond motifs is 2. The maximum absolute atomic E-state index is 6.46. The van der Waals surface area contributed by atoms with Gasteiger partial charge in [-0.05, 0) is 75.8 Å². The molecule has 5 nitrogen and oxygen atoms in total. The predicted molar refractivity (Wildman–Crippen MR) is 227 cm³/mol. The van der Waals surface area contributed by atoms with Gasteiger partial charge in [0.2, 0.25) is 0 Å². The summed E-state index contributed by atoms with van der Waals surface area (Å²) in [5, 5.41) is 0. The summed E-state index contributed by atoms with van der Waals surface area (Å²) in [6, 6.07) is 71.1. The fourth-order valence-electron chi connectivity index (χ4n) is 7.43. The molecule has 0 fully saturated rings. The highest BCUT2D eigenvalue weighted by atomic mass is 16.5. The van der Waals surface area contributed by atoms with Crippen LogP contribution in [-0.2, 0) is 0 Å². The normalized spacial score (nSPS) is 11.7. The lowest BCUT2D eigenvalue weighted by Crippen LogP contribution is -2.17. The smallest absolute Gasteiger partial charge is 0.166 e. The van der Waals surface area contributed by atoms with E-state index in [9.17, 15) is 0 Å². The van der Waals surface area contributed by atoms with Crippen LogP contribution in [0.5, 0.6) is 11.5 Å². The number of para-hydroxylation sites is 4. The van der Waals surface area contributed by atoms with Gasteiger partial charge < -0.3 is 9.64 Å². The molecule has 0 spiro atoms. The Morgan fingerprint density at radius 3 is 1.30 bits per heavy atom. The Bertz CT molecular complexity index is 2720. The van der Waals surface area contributed by atoms with Crippen LogP contribution in [0, 0.1) is 0 Å². The highest BCUT2D eigenvalue weighted by Crippen LogP contribution is 2.52. The van der Waals surface area contributed by atoms with Crippen LogP contribution < -0.4 is 9.64 Å². The SMILES string of the molecule is c1ccc(-c2ccc(-c3ccccc3)c(-c3ccc(N4c5ccccc5Oc5ccccc54)c(-c4nc(-c5ccccc5)nc(-c5ccccc5)n4)c3)c2)cc1. The van der Waals surface area contributed by atoms with Crippen molar-refractivity contribution in [3.05, 3.63) is 206 Å². The third kappa shape index (κ3) is 6.17. The van der Waals surface area contributed by atoms with Gasteiger partial charge in [-0.25, -0.2) is 15.0 Å². The molecule has 1 aromatic heterocycles. The average molecular weight is 719 g/mol. The first kappa shape index (κ1) is 33.0. The van der Waals surface area contributed by atoms with E-state index in [1.807, 2.05) is 97.1 Å². The van der Waals surface area contributed by atoms with Gasteiger partial charge in [0, 0.05) is 16.7 Å². The molecule has 9 aromatic rings. The number of hydrogen-bond donors (Lipinski definition) is 0. The van der Waals surface area contributed by atoms with Crippen LogP contribution in [-0.4, -0.2) is 15.0 Å². The van der Waals surface area contributed by atoms with Crippen molar-refractivity contribution < 1.29 is 4.74 Å². The Kier molecular flexibility index (Phi) is 8.43. The zero-order valence-corrected chi connectivity index (χ0v) is 30.3. The largest absolute Gasteiger partial charge is 0.453 e. The van der Waals surface area contributed by atoms with Crippen molar-refractivity contribution in [3.63, 3.8) is 0 Å². The Labute approximate surface area is 325 Å². The number of ether oxygens (including phenoxy) is 1. The lowest BCUT2D eigenvalue weighted by Gasteiger charge is -2.34. The van der Waals surface area contributed by atoms with E-state index >= 15 is 0 Å². The molecule has 8 aromatic carbocycles. The molecule has 1 aliphatic heterocycles. The minimum atomic E-state index is 0.566. The van der Waals surface area contributed by atoms with Gasteiger partial charge in [0.1, 0.15) is 0 Å². The van der Waals surface area contributed by atoms with Gasteiger partial charge in [-0.1, -0.05) is 164 Å². The predicted octanol–water partition coefficient (Wildman–Crippen LogP) is 13.4. The number of anilines is 3. The van der Waals surface area contributed by atoms with E-state index in [1.165, 1.54) is 0 Å². The van der Waals surface area contributed by atoms with E-state index in [4.69, 9.17) is 19.7 Å². The first-order valence-electron chi connectivity index (χ1n) is 18.7. The topological polar surface area (TPSA) is 51.1 Å². The average Bonchev–Trinajstić information content (AvgIpc) is 3.29. The van der Waals surface area contributed by atoms with Crippen LogP contribution in [0.2, 0.25) is 0 Å². The molecule has 0 radical (unpaired) electrons. The minimum absolute atomic E-state index is 0.566. The molecule has 0 aliphatic carbocycles. The van der Waals surface area contributed by atoms with Gasteiger partial charge in [-0.15, -0.1) is 0 Å². The molecule has 10 rings (SSSR count). The van der Waals surface area contributed by atoms with Crippen LogP contribution in [0.4, 0.5) is 17.1 Å². The molecule has 0 amide bonds. The third-order valence-corrected chi connectivity index (χ3v) is 10.1. The summed E-state index contributed by atoms with van der Waals surface area (Å²) >= 11 is 0. The van der Waals surface area contributed by atoms with E-state index < -0.39 is 0 Å². The molecular formula is C51H34N4O. The second-order valence-electron chi connectivity index (χ2n) is 13.6. The minimum Gasteiger partial charge on any atom is -0.453 e. The van der Waals surface area contributed by atoms with Crippen LogP contribution in [0.1, 0.15) is 0 Å². The lowest BCUT2D eigenvalue weighted by molar-refractivity contribution is 0.477. The lowest BCUT2D eigenvalue weighted by atomic mass is 9.90. The van der Waals surface area contributed by atoms with Gasteiger partial charge >= 0.3 is 0 Å². The summed E-state index contributed by atoms with van der Waals surface area (Å²) in [5.41, 5.74) is 12.2. The van der Waals surface area contributed by atoms with Crippen molar-refractivity contribution in [2.45, 2.75) is 0 Å². The molecule has 264 valence electrons. The number of hydrogen-bond acceptors (Lipinski definition) is 5. The Morgan fingerprint density at radius 1 is 0.286 bits per heavy atom. The van der Waals surface area contributed by atoms with E-state index in [-0.39, 0.29) is 0 Å². The molecule has 0 atom stereocenters. The summed E-state index contributed by atoms with van der Waals surface area (Å²) < 4.78 is 6.46.